The summed E-state index contributed by atoms with van der Waals surface area (Å²) in [4.78, 5) is 38.2. The van der Waals surface area contributed by atoms with Gasteiger partial charge in [-0.05, 0) is 122 Å². The average Bonchev–Trinajstić information content (AvgIpc) is 3.43. The maximum Gasteiger partial charge on any atom is 0.306 e. The minimum atomic E-state index is -0.859. The van der Waals surface area contributed by atoms with Crippen LogP contribution in [0.4, 0.5) is 0 Å². The summed E-state index contributed by atoms with van der Waals surface area (Å²) in [7, 11) is 0. The third kappa shape index (κ3) is 61.8. The molecule has 0 saturated carbocycles. The molecule has 0 aromatic heterocycles. The lowest BCUT2D eigenvalue weighted by Crippen LogP contribution is -2.30. The standard InChI is InChI=1S/C71H112O6/c1-4-7-10-13-16-19-22-25-28-31-34-35-38-40-43-46-49-52-55-58-61-64-70(73)76-67-68(77-71(74)65-62-59-56-53-50-47-44-41-37-33-30-27-24-21-18-15-12-9-6-3)66-75-69(72)63-60-57-54-51-48-45-42-39-36-32-29-26-23-20-17-14-11-8-5-2/h8-9,11-12,17-18,20-21,26-27,29-31,34,36-37,39,41,45,47-48,50,54,56-57,59,68H,4-7,10,13-16,19,22-25,28,32-33,35,38,40,42-44,46,49,51-53,55,58,60-67H2,1-3H3/b11-8-,12-9-,20-17-,21-18-,29-26-,30-27-,34-31-,39-36-,41-37-,48-45-,50-47-,57-54-,59-56-. The fourth-order valence-electron chi connectivity index (χ4n) is 7.96. The van der Waals surface area contributed by atoms with E-state index in [1.165, 1.54) is 103 Å². The number of rotatable bonds is 54. The SMILES string of the molecule is CC/C=C\C/C=C\C/C=C\C/C=C\C/C=C\C/C=C\CCC(=O)OCC(COC(=O)CCCCCCCCCCC/C=C\CCCCCCCCCC)OC(=O)CC/C=C\C/C=C\C/C=C\C/C=C\C/C=C\C/C=C\CC. The Labute approximate surface area is 473 Å². The Morgan fingerprint density at radius 1 is 0.273 bits per heavy atom. The molecule has 77 heavy (non-hydrogen) atoms. The van der Waals surface area contributed by atoms with Crippen molar-refractivity contribution in [2.24, 2.45) is 0 Å². The molecule has 0 heterocycles. The summed E-state index contributed by atoms with van der Waals surface area (Å²) < 4.78 is 16.8. The largest absolute Gasteiger partial charge is 0.462 e. The van der Waals surface area contributed by atoms with E-state index in [1.54, 1.807) is 0 Å². The summed E-state index contributed by atoms with van der Waals surface area (Å²) in [5.74, 6) is -1.12. The second kappa shape index (κ2) is 63.6. The van der Waals surface area contributed by atoms with Gasteiger partial charge in [-0.2, -0.15) is 0 Å². The van der Waals surface area contributed by atoms with E-state index in [4.69, 9.17) is 14.2 Å². The van der Waals surface area contributed by atoms with Crippen molar-refractivity contribution in [3.63, 3.8) is 0 Å². The van der Waals surface area contributed by atoms with Crippen molar-refractivity contribution in [2.75, 3.05) is 13.2 Å². The molecular weight excluding hydrogens is 949 g/mol. The monoisotopic (exact) mass is 1060 g/mol. The van der Waals surface area contributed by atoms with E-state index in [-0.39, 0.29) is 38.0 Å². The van der Waals surface area contributed by atoms with Crippen LogP contribution in [0.15, 0.2) is 158 Å². The van der Waals surface area contributed by atoms with Crippen molar-refractivity contribution in [1.82, 2.24) is 0 Å². The Balaban J connectivity index is 4.61. The van der Waals surface area contributed by atoms with E-state index in [9.17, 15) is 14.4 Å². The number of esters is 3. The van der Waals surface area contributed by atoms with Crippen LogP contribution in [0.2, 0.25) is 0 Å². The third-order valence-corrected chi connectivity index (χ3v) is 12.5. The zero-order valence-electron chi connectivity index (χ0n) is 49.4. The molecule has 0 aromatic carbocycles. The van der Waals surface area contributed by atoms with Crippen molar-refractivity contribution in [1.29, 1.82) is 0 Å². The van der Waals surface area contributed by atoms with Gasteiger partial charge in [-0.3, -0.25) is 14.4 Å². The highest BCUT2D eigenvalue weighted by atomic mass is 16.6. The highest BCUT2D eigenvalue weighted by Gasteiger charge is 2.19. The van der Waals surface area contributed by atoms with Gasteiger partial charge in [0.25, 0.3) is 0 Å². The molecule has 0 rings (SSSR count). The van der Waals surface area contributed by atoms with Crippen LogP contribution in [0, 0.1) is 0 Å². The molecule has 0 radical (unpaired) electrons. The number of ether oxygens (including phenoxy) is 3. The van der Waals surface area contributed by atoms with E-state index in [1.807, 2.05) is 24.3 Å². The van der Waals surface area contributed by atoms with Crippen LogP contribution in [-0.2, 0) is 28.6 Å². The molecule has 0 aromatic rings. The van der Waals surface area contributed by atoms with Gasteiger partial charge in [0.05, 0.1) is 0 Å². The number of unbranched alkanes of at least 4 members (excludes halogenated alkanes) is 17. The normalized spacial score (nSPS) is 13.2. The fourth-order valence-corrected chi connectivity index (χ4v) is 7.96. The van der Waals surface area contributed by atoms with Crippen LogP contribution in [0.25, 0.3) is 0 Å². The zero-order valence-corrected chi connectivity index (χ0v) is 49.4. The van der Waals surface area contributed by atoms with E-state index in [0.717, 1.165) is 96.3 Å². The van der Waals surface area contributed by atoms with Gasteiger partial charge in [-0.25, -0.2) is 0 Å². The lowest BCUT2D eigenvalue weighted by atomic mass is 10.1. The van der Waals surface area contributed by atoms with Gasteiger partial charge in [0.15, 0.2) is 6.10 Å². The molecule has 0 fully saturated rings. The molecule has 432 valence electrons. The number of allylic oxidation sites excluding steroid dienone is 26. The number of carbonyl (C=O) groups is 3. The first-order chi connectivity index (χ1) is 38.0. The van der Waals surface area contributed by atoms with E-state index < -0.39 is 12.1 Å². The van der Waals surface area contributed by atoms with Crippen molar-refractivity contribution >= 4 is 17.9 Å². The maximum absolute atomic E-state index is 12.9. The van der Waals surface area contributed by atoms with Crippen molar-refractivity contribution < 1.29 is 28.6 Å². The van der Waals surface area contributed by atoms with Crippen molar-refractivity contribution in [3.05, 3.63) is 158 Å². The first-order valence-electron chi connectivity index (χ1n) is 31.0. The second-order valence-corrected chi connectivity index (χ2v) is 19.8. The Morgan fingerprint density at radius 2 is 0.532 bits per heavy atom. The van der Waals surface area contributed by atoms with Gasteiger partial charge in [0, 0.05) is 19.3 Å². The lowest BCUT2D eigenvalue weighted by Gasteiger charge is -2.18. The summed E-state index contributed by atoms with van der Waals surface area (Å²) in [5.41, 5.74) is 0. The van der Waals surface area contributed by atoms with E-state index >= 15 is 0 Å². The van der Waals surface area contributed by atoms with Crippen LogP contribution in [0.1, 0.15) is 252 Å². The smallest absolute Gasteiger partial charge is 0.306 e. The van der Waals surface area contributed by atoms with Gasteiger partial charge >= 0.3 is 17.9 Å². The molecule has 0 amide bonds. The number of carbonyl (C=O) groups excluding carboxylic acids is 3. The Kier molecular flexibility index (Phi) is 59.5. The number of hydrogen-bond donors (Lipinski definition) is 0. The number of hydrogen-bond acceptors (Lipinski definition) is 6. The van der Waals surface area contributed by atoms with Gasteiger partial charge in [0.1, 0.15) is 13.2 Å². The summed E-state index contributed by atoms with van der Waals surface area (Å²) in [6, 6.07) is 0. The third-order valence-electron chi connectivity index (χ3n) is 12.5. The minimum Gasteiger partial charge on any atom is -0.462 e. The first kappa shape index (κ1) is 72.0. The Hall–Kier alpha value is -4.97. The Morgan fingerprint density at radius 3 is 0.870 bits per heavy atom. The molecule has 1 atom stereocenters. The molecule has 6 heteroatoms. The summed E-state index contributed by atoms with van der Waals surface area (Å²) in [5, 5.41) is 0. The van der Waals surface area contributed by atoms with Gasteiger partial charge in [0.2, 0.25) is 0 Å². The topological polar surface area (TPSA) is 78.9 Å². The minimum absolute atomic E-state index is 0.139. The molecule has 0 N–H and O–H groups in total. The summed E-state index contributed by atoms with van der Waals surface area (Å²) >= 11 is 0. The second-order valence-electron chi connectivity index (χ2n) is 19.8. The highest BCUT2D eigenvalue weighted by molar-refractivity contribution is 5.71. The van der Waals surface area contributed by atoms with Gasteiger partial charge in [-0.15, -0.1) is 0 Å². The molecule has 0 aliphatic carbocycles. The molecular formula is C71H112O6. The molecule has 0 spiro atoms. The van der Waals surface area contributed by atoms with Crippen LogP contribution >= 0.6 is 0 Å². The average molecular weight is 1060 g/mol. The predicted molar refractivity (Wildman–Crippen MR) is 334 cm³/mol. The molecule has 1 unspecified atom stereocenters. The van der Waals surface area contributed by atoms with Crippen LogP contribution < -0.4 is 0 Å². The predicted octanol–water partition coefficient (Wildman–Crippen LogP) is 21.3. The molecule has 0 bridgehead atoms. The molecule has 0 aliphatic heterocycles. The van der Waals surface area contributed by atoms with Crippen molar-refractivity contribution in [3.8, 4) is 0 Å². The quantitative estimate of drug-likeness (QED) is 0.0261. The first-order valence-corrected chi connectivity index (χ1v) is 31.0. The van der Waals surface area contributed by atoms with Crippen LogP contribution in [-0.4, -0.2) is 37.2 Å². The Bertz CT molecular complexity index is 1740. The molecule has 0 aliphatic rings. The highest BCUT2D eigenvalue weighted by Crippen LogP contribution is 2.14. The lowest BCUT2D eigenvalue weighted by molar-refractivity contribution is -0.166. The summed E-state index contributed by atoms with van der Waals surface area (Å²) in [6.45, 7) is 6.28. The summed E-state index contributed by atoms with van der Waals surface area (Å²) in [6.07, 6.45) is 92.7. The van der Waals surface area contributed by atoms with Crippen LogP contribution in [0.5, 0.6) is 0 Å². The van der Waals surface area contributed by atoms with Crippen LogP contribution in [0.3, 0.4) is 0 Å². The maximum atomic E-state index is 12.9. The zero-order chi connectivity index (χ0) is 55.7. The molecule has 6 nitrogen and oxygen atoms in total. The van der Waals surface area contributed by atoms with Gasteiger partial charge in [-0.1, -0.05) is 269 Å². The van der Waals surface area contributed by atoms with E-state index in [2.05, 4.69) is 154 Å². The van der Waals surface area contributed by atoms with E-state index in [0.29, 0.717) is 19.3 Å². The van der Waals surface area contributed by atoms with Gasteiger partial charge < -0.3 is 14.2 Å². The fraction of sp³-hybridized carbons (Fsp3) is 0.592. The molecule has 0 saturated heterocycles. The van der Waals surface area contributed by atoms with Crippen molar-refractivity contribution in [2.45, 2.75) is 258 Å².